The quantitative estimate of drug-likeness (QED) is 0.187. The predicted octanol–water partition coefficient (Wildman–Crippen LogP) is 2.98. The third-order valence-electron chi connectivity index (χ3n) is 4.72. The van der Waals surface area contributed by atoms with Gasteiger partial charge in [0.2, 0.25) is 17.8 Å². The highest BCUT2D eigenvalue weighted by molar-refractivity contribution is 5.81. The second-order valence-corrected chi connectivity index (χ2v) is 7.02. The van der Waals surface area contributed by atoms with Crippen LogP contribution in [0.4, 0.5) is 29.2 Å². The normalized spacial score (nSPS) is 13.4. The van der Waals surface area contributed by atoms with Crippen molar-refractivity contribution in [1.82, 2.24) is 15.0 Å². The molecule has 12 heteroatoms. The maximum atomic E-state index is 10.8. The number of nitrogens with zero attached hydrogens (tertiary/aromatic N) is 6. The van der Waals surface area contributed by atoms with Crippen LogP contribution in [0.5, 0.6) is 11.5 Å². The Morgan fingerprint density at radius 3 is 2.41 bits per heavy atom. The molecule has 2 heterocycles. The molecule has 0 bridgehead atoms. The van der Waals surface area contributed by atoms with Crippen LogP contribution in [0.3, 0.4) is 0 Å². The van der Waals surface area contributed by atoms with Crippen LogP contribution in [0.15, 0.2) is 47.6 Å². The third kappa shape index (κ3) is 4.98. The number of nitrogens with one attached hydrogen (secondary N) is 2. The minimum atomic E-state index is -0.466. The molecule has 1 saturated heterocycles. The van der Waals surface area contributed by atoms with Crippen molar-refractivity contribution in [3.05, 3.63) is 58.1 Å². The second kappa shape index (κ2) is 9.12. The summed E-state index contributed by atoms with van der Waals surface area (Å²) in [4.78, 5) is 25.6. The summed E-state index contributed by atoms with van der Waals surface area (Å²) >= 11 is 0. The number of aromatic hydroxyl groups is 2. The molecule has 0 radical (unpaired) electrons. The first-order valence-corrected chi connectivity index (χ1v) is 9.81. The molecule has 32 heavy (non-hydrogen) atoms. The van der Waals surface area contributed by atoms with E-state index in [1.165, 1.54) is 30.5 Å². The Morgan fingerprint density at radius 1 is 1.00 bits per heavy atom. The van der Waals surface area contributed by atoms with Crippen molar-refractivity contribution in [2.24, 2.45) is 5.10 Å². The van der Waals surface area contributed by atoms with Gasteiger partial charge in [0.1, 0.15) is 0 Å². The monoisotopic (exact) mass is 436 g/mol. The van der Waals surface area contributed by atoms with Gasteiger partial charge in [0.05, 0.1) is 11.1 Å². The Bertz CT molecular complexity index is 1150. The first kappa shape index (κ1) is 20.8. The van der Waals surface area contributed by atoms with Crippen molar-refractivity contribution >= 4 is 35.4 Å². The number of hydrogen-bond donors (Lipinski definition) is 4. The van der Waals surface area contributed by atoms with Crippen LogP contribution in [0.25, 0.3) is 0 Å². The molecule has 1 aliphatic rings. The van der Waals surface area contributed by atoms with Crippen LogP contribution in [0.2, 0.25) is 0 Å². The molecule has 1 aliphatic heterocycles. The molecule has 0 unspecified atom stereocenters. The molecule has 0 amide bonds. The zero-order valence-corrected chi connectivity index (χ0v) is 16.8. The maximum Gasteiger partial charge on any atom is 0.269 e. The highest BCUT2D eigenvalue weighted by atomic mass is 16.6. The summed E-state index contributed by atoms with van der Waals surface area (Å²) < 4.78 is 0. The molecular formula is C20H20N8O4. The first-order chi connectivity index (χ1) is 15.5. The molecule has 0 aliphatic carbocycles. The zero-order chi connectivity index (χ0) is 22.5. The molecule has 1 fully saturated rings. The van der Waals surface area contributed by atoms with E-state index in [2.05, 4.69) is 30.8 Å². The summed E-state index contributed by atoms with van der Waals surface area (Å²) in [6.45, 7) is 1.66. The van der Waals surface area contributed by atoms with Gasteiger partial charge in [-0.25, -0.2) is 5.43 Å². The highest BCUT2D eigenvalue weighted by Gasteiger charge is 2.17. The van der Waals surface area contributed by atoms with Crippen molar-refractivity contribution in [1.29, 1.82) is 0 Å². The fourth-order valence-corrected chi connectivity index (χ4v) is 3.11. The molecule has 0 saturated carbocycles. The highest BCUT2D eigenvalue weighted by Crippen LogP contribution is 2.24. The van der Waals surface area contributed by atoms with E-state index in [0.29, 0.717) is 17.2 Å². The maximum absolute atomic E-state index is 10.8. The lowest BCUT2D eigenvalue weighted by molar-refractivity contribution is -0.384. The molecule has 4 rings (SSSR count). The molecule has 3 aromatic rings. The number of aromatic nitrogens is 3. The fraction of sp³-hybridized carbons (Fsp3) is 0.200. The minimum absolute atomic E-state index is 0.0130. The second-order valence-electron chi connectivity index (χ2n) is 7.02. The Kier molecular flexibility index (Phi) is 5.92. The SMILES string of the molecule is O=[N+]([O-])c1ccc(Nc2nc(NN=Cc3ccc(O)c(O)c3)nc(N3CCCC3)n2)cc1. The van der Waals surface area contributed by atoms with E-state index in [4.69, 9.17) is 0 Å². The molecule has 4 N–H and O–H groups in total. The van der Waals surface area contributed by atoms with Crippen LogP contribution in [0, 0.1) is 10.1 Å². The Labute approximate surface area is 182 Å². The number of rotatable bonds is 7. The van der Waals surface area contributed by atoms with Gasteiger partial charge in [0, 0.05) is 30.9 Å². The number of nitro groups is 1. The molecule has 164 valence electrons. The fourth-order valence-electron chi connectivity index (χ4n) is 3.11. The number of benzene rings is 2. The largest absolute Gasteiger partial charge is 0.504 e. The lowest BCUT2D eigenvalue weighted by Crippen LogP contribution is -2.21. The average Bonchev–Trinajstić information content (AvgIpc) is 3.32. The molecular weight excluding hydrogens is 416 g/mol. The van der Waals surface area contributed by atoms with E-state index in [-0.39, 0.29) is 29.1 Å². The minimum Gasteiger partial charge on any atom is -0.504 e. The summed E-state index contributed by atoms with van der Waals surface area (Å²) in [5, 5.41) is 36.9. The molecule has 0 spiro atoms. The average molecular weight is 436 g/mol. The standard InChI is InChI=1S/C20H20N8O4/c29-16-8-3-13(11-17(16)30)12-21-26-19-23-18(24-20(25-19)27-9-1-2-10-27)22-14-4-6-15(7-5-14)28(31)32/h3-8,11-12,29-30H,1-2,9-10H2,(H2,22,23,24,25,26). The summed E-state index contributed by atoms with van der Waals surface area (Å²) in [5.74, 6) is 0.480. The Hall–Kier alpha value is -4.48. The number of anilines is 4. The van der Waals surface area contributed by atoms with Gasteiger partial charge in [-0.15, -0.1) is 0 Å². The van der Waals surface area contributed by atoms with E-state index in [1.54, 1.807) is 18.2 Å². The number of non-ortho nitro benzene ring substituents is 1. The van der Waals surface area contributed by atoms with Gasteiger partial charge in [-0.3, -0.25) is 10.1 Å². The summed E-state index contributed by atoms with van der Waals surface area (Å²) in [5.41, 5.74) is 3.88. The molecule has 0 atom stereocenters. The van der Waals surface area contributed by atoms with Gasteiger partial charge in [-0.1, -0.05) is 0 Å². The Morgan fingerprint density at radius 2 is 1.72 bits per heavy atom. The topological polar surface area (TPSA) is 162 Å². The number of hydrazone groups is 1. The van der Waals surface area contributed by atoms with Crippen molar-refractivity contribution in [2.45, 2.75) is 12.8 Å². The van der Waals surface area contributed by atoms with E-state index in [9.17, 15) is 20.3 Å². The van der Waals surface area contributed by atoms with E-state index < -0.39 is 4.92 Å². The van der Waals surface area contributed by atoms with Gasteiger partial charge < -0.3 is 20.4 Å². The van der Waals surface area contributed by atoms with Gasteiger partial charge in [-0.2, -0.15) is 20.1 Å². The number of nitro benzene ring substituents is 1. The summed E-state index contributed by atoms with van der Waals surface area (Å²) in [6.07, 6.45) is 3.53. The van der Waals surface area contributed by atoms with Crippen LogP contribution >= 0.6 is 0 Å². The van der Waals surface area contributed by atoms with E-state index in [0.717, 1.165) is 25.9 Å². The number of phenols is 2. The van der Waals surface area contributed by atoms with Crippen molar-refractivity contribution in [3.8, 4) is 11.5 Å². The van der Waals surface area contributed by atoms with Crippen LogP contribution < -0.4 is 15.6 Å². The first-order valence-electron chi connectivity index (χ1n) is 9.81. The van der Waals surface area contributed by atoms with E-state index in [1.807, 2.05) is 4.90 Å². The Balaban J connectivity index is 1.55. The van der Waals surface area contributed by atoms with Gasteiger partial charge in [0.25, 0.3) is 5.69 Å². The predicted molar refractivity (Wildman–Crippen MR) is 119 cm³/mol. The van der Waals surface area contributed by atoms with Crippen LogP contribution in [0.1, 0.15) is 18.4 Å². The van der Waals surface area contributed by atoms with Crippen LogP contribution in [-0.4, -0.2) is 49.4 Å². The lowest BCUT2D eigenvalue weighted by Gasteiger charge is -2.16. The molecule has 12 nitrogen and oxygen atoms in total. The summed E-state index contributed by atoms with van der Waals surface area (Å²) in [6, 6.07) is 10.2. The number of hydrogen-bond acceptors (Lipinski definition) is 11. The molecule has 2 aromatic carbocycles. The van der Waals surface area contributed by atoms with Gasteiger partial charge in [0.15, 0.2) is 11.5 Å². The van der Waals surface area contributed by atoms with Crippen molar-refractivity contribution < 1.29 is 15.1 Å². The van der Waals surface area contributed by atoms with Crippen LogP contribution in [-0.2, 0) is 0 Å². The zero-order valence-electron chi connectivity index (χ0n) is 16.8. The van der Waals surface area contributed by atoms with Crippen molar-refractivity contribution in [2.75, 3.05) is 28.7 Å². The van der Waals surface area contributed by atoms with Gasteiger partial charge in [-0.05, 0) is 48.7 Å². The van der Waals surface area contributed by atoms with E-state index >= 15 is 0 Å². The van der Waals surface area contributed by atoms with Gasteiger partial charge >= 0.3 is 0 Å². The number of phenolic OH excluding ortho intramolecular Hbond substituents is 2. The van der Waals surface area contributed by atoms with Crippen molar-refractivity contribution in [3.63, 3.8) is 0 Å². The smallest absolute Gasteiger partial charge is 0.269 e. The third-order valence-corrected chi connectivity index (χ3v) is 4.72. The molecule has 1 aromatic heterocycles. The lowest BCUT2D eigenvalue weighted by atomic mass is 10.2. The summed E-state index contributed by atoms with van der Waals surface area (Å²) in [7, 11) is 0.